The smallest absolute Gasteiger partial charge is 0.276 e. The zero-order chi connectivity index (χ0) is 16.0. The normalized spacial score (nSPS) is 13.5. The first-order valence-corrected chi connectivity index (χ1v) is 7.26. The molecule has 0 unspecified atom stereocenters. The fourth-order valence-electron chi connectivity index (χ4n) is 3.07. The lowest BCUT2D eigenvalue weighted by Crippen LogP contribution is -2.17. The van der Waals surface area contributed by atoms with Crippen molar-refractivity contribution in [3.05, 3.63) is 77.0 Å². The van der Waals surface area contributed by atoms with Crippen LogP contribution in [0.4, 0.5) is 5.69 Å². The van der Waals surface area contributed by atoms with Crippen LogP contribution in [0, 0.1) is 5.21 Å². The SMILES string of the molecule is COc1ccccc1C1=[N+]([O-])c2ccc3ccccc3c2C1=O. The zero-order valence-electron chi connectivity index (χ0n) is 12.4. The highest BCUT2D eigenvalue weighted by Gasteiger charge is 2.39. The van der Waals surface area contributed by atoms with Crippen molar-refractivity contribution >= 4 is 28.0 Å². The fraction of sp³-hybridized carbons (Fsp3) is 0.0526. The molecule has 0 aliphatic carbocycles. The van der Waals surface area contributed by atoms with Gasteiger partial charge in [-0.2, -0.15) is 4.74 Å². The Morgan fingerprint density at radius 3 is 2.52 bits per heavy atom. The molecule has 3 aromatic carbocycles. The molecular weight excluding hydrogens is 290 g/mol. The van der Waals surface area contributed by atoms with E-state index < -0.39 is 0 Å². The second-order valence-corrected chi connectivity index (χ2v) is 5.35. The van der Waals surface area contributed by atoms with Crippen molar-refractivity contribution in [2.24, 2.45) is 0 Å². The van der Waals surface area contributed by atoms with Gasteiger partial charge in [0.1, 0.15) is 11.3 Å². The molecule has 0 bridgehead atoms. The van der Waals surface area contributed by atoms with Crippen molar-refractivity contribution in [1.82, 2.24) is 0 Å². The quantitative estimate of drug-likeness (QED) is 0.536. The second kappa shape index (κ2) is 4.95. The summed E-state index contributed by atoms with van der Waals surface area (Å²) in [5.41, 5.74) is 1.46. The van der Waals surface area contributed by atoms with E-state index in [0.717, 1.165) is 10.8 Å². The number of ether oxygens (including phenoxy) is 1. The third kappa shape index (κ3) is 1.85. The van der Waals surface area contributed by atoms with Crippen LogP contribution >= 0.6 is 0 Å². The Balaban J connectivity index is 1.99. The maximum atomic E-state index is 13.0. The van der Waals surface area contributed by atoms with Crippen LogP contribution < -0.4 is 4.74 Å². The van der Waals surface area contributed by atoms with E-state index in [0.29, 0.717) is 27.3 Å². The van der Waals surface area contributed by atoms with Crippen LogP contribution in [0.2, 0.25) is 0 Å². The van der Waals surface area contributed by atoms with Crippen LogP contribution in [-0.2, 0) is 0 Å². The molecule has 4 rings (SSSR count). The molecule has 0 spiro atoms. The molecule has 23 heavy (non-hydrogen) atoms. The van der Waals surface area contributed by atoms with Gasteiger partial charge in [-0.1, -0.05) is 36.4 Å². The highest BCUT2D eigenvalue weighted by molar-refractivity contribution is 6.54. The van der Waals surface area contributed by atoms with Gasteiger partial charge in [0, 0.05) is 6.07 Å². The Labute approximate surface area is 132 Å². The summed E-state index contributed by atoms with van der Waals surface area (Å²) in [6, 6.07) is 18.2. The molecule has 0 radical (unpaired) electrons. The number of Topliss-reactive ketones (excluding diaryl/α,β-unsaturated/α-hetero) is 1. The summed E-state index contributed by atoms with van der Waals surface area (Å²) in [6.45, 7) is 0. The van der Waals surface area contributed by atoms with Gasteiger partial charge in [0.05, 0.1) is 12.7 Å². The average Bonchev–Trinajstić information content (AvgIpc) is 2.86. The lowest BCUT2D eigenvalue weighted by atomic mass is 9.97. The molecule has 112 valence electrons. The van der Waals surface area contributed by atoms with Crippen LogP contribution in [0.15, 0.2) is 60.7 Å². The number of hydrogen-bond donors (Lipinski definition) is 0. The molecule has 4 nitrogen and oxygen atoms in total. The van der Waals surface area contributed by atoms with Gasteiger partial charge in [-0.25, -0.2) is 0 Å². The molecule has 1 heterocycles. The number of nitrogens with zero attached hydrogens (tertiary/aromatic N) is 1. The van der Waals surface area contributed by atoms with Gasteiger partial charge in [-0.3, -0.25) is 4.79 Å². The van der Waals surface area contributed by atoms with Crippen molar-refractivity contribution in [2.45, 2.75) is 0 Å². The van der Waals surface area contributed by atoms with Crippen LogP contribution in [0.1, 0.15) is 15.9 Å². The van der Waals surface area contributed by atoms with Crippen molar-refractivity contribution in [1.29, 1.82) is 0 Å². The third-order valence-electron chi connectivity index (χ3n) is 4.13. The van der Waals surface area contributed by atoms with Crippen molar-refractivity contribution in [3.63, 3.8) is 0 Å². The number of fused-ring (bicyclic) bond motifs is 3. The fourth-order valence-corrected chi connectivity index (χ4v) is 3.07. The standard InChI is InChI=1S/C19H13NO3/c1-23-16-9-5-4-8-14(16)18-19(21)17-13-7-3-2-6-12(13)10-11-15(17)20(18)22/h2-11H,1H3. The highest BCUT2D eigenvalue weighted by atomic mass is 16.5. The average molecular weight is 303 g/mol. The maximum Gasteiger partial charge on any atom is 0.276 e. The predicted octanol–water partition coefficient (Wildman–Crippen LogP) is 3.68. The summed E-state index contributed by atoms with van der Waals surface area (Å²) in [4.78, 5) is 13.0. The Kier molecular flexibility index (Phi) is 2.91. The summed E-state index contributed by atoms with van der Waals surface area (Å²) in [5, 5.41) is 14.5. The lowest BCUT2D eigenvalue weighted by molar-refractivity contribution is -0.355. The first-order valence-electron chi connectivity index (χ1n) is 7.26. The van der Waals surface area contributed by atoms with Gasteiger partial charge >= 0.3 is 0 Å². The van der Waals surface area contributed by atoms with E-state index in [1.165, 1.54) is 7.11 Å². The molecule has 0 saturated heterocycles. The number of hydrogen-bond acceptors (Lipinski definition) is 3. The first kappa shape index (κ1) is 13.5. The van der Waals surface area contributed by atoms with Gasteiger partial charge in [0.2, 0.25) is 5.69 Å². The van der Waals surface area contributed by atoms with E-state index >= 15 is 0 Å². The van der Waals surface area contributed by atoms with Gasteiger partial charge in [-0.05, 0) is 29.0 Å². The second-order valence-electron chi connectivity index (χ2n) is 5.35. The molecule has 1 aliphatic rings. The molecule has 0 amide bonds. The first-order chi connectivity index (χ1) is 11.2. The minimum atomic E-state index is -0.267. The molecular formula is C19H13NO3. The number of methoxy groups -OCH3 is 1. The molecule has 0 saturated carbocycles. The van der Waals surface area contributed by atoms with Crippen molar-refractivity contribution < 1.29 is 14.3 Å². The Bertz CT molecular complexity index is 989. The largest absolute Gasteiger partial charge is 0.618 e. The minimum Gasteiger partial charge on any atom is -0.618 e. The van der Waals surface area contributed by atoms with Crippen LogP contribution in [-0.4, -0.2) is 23.3 Å². The summed E-state index contributed by atoms with van der Waals surface area (Å²) in [5.74, 6) is 0.241. The zero-order valence-corrected chi connectivity index (χ0v) is 12.4. The summed E-state index contributed by atoms with van der Waals surface area (Å²) < 4.78 is 6.01. The number of carbonyl (C=O) groups excluding carboxylic acids is 1. The highest BCUT2D eigenvalue weighted by Crippen LogP contribution is 2.35. The topological polar surface area (TPSA) is 52.4 Å². The van der Waals surface area contributed by atoms with Gasteiger partial charge in [-0.15, -0.1) is 0 Å². The van der Waals surface area contributed by atoms with Crippen molar-refractivity contribution in [3.8, 4) is 5.75 Å². The summed E-state index contributed by atoms with van der Waals surface area (Å²) in [6.07, 6.45) is 0. The monoisotopic (exact) mass is 303 g/mol. The number of rotatable bonds is 2. The van der Waals surface area contributed by atoms with E-state index in [-0.39, 0.29) is 11.5 Å². The van der Waals surface area contributed by atoms with Crippen LogP contribution in [0.5, 0.6) is 5.75 Å². The Morgan fingerprint density at radius 2 is 1.70 bits per heavy atom. The Morgan fingerprint density at radius 1 is 0.957 bits per heavy atom. The summed E-state index contributed by atoms with van der Waals surface area (Å²) in [7, 11) is 1.52. The molecule has 0 N–H and O–H groups in total. The van der Waals surface area contributed by atoms with Gasteiger partial charge < -0.3 is 9.94 Å². The molecule has 3 aromatic rings. The number of carbonyl (C=O) groups is 1. The lowest BCUT2D eigenvalue weighted by Gasteiger charge is -2.06. The molecule has 4 heteroatoms. The Hall–Kier alpha value is -3.14. The van der Waals surface area contributed by atoms with Gasteiger partial charge in [0.15, 0.2) is 0 Å². The van der Waals surface area contributed by atoms with E-state index in [9.17, 15) is 10.0 Å². The number of ketones is 1. The van der Waals surface area contributed by atoms with E-state index in [4.69, 9.17) is 4.74 Å². The van der Waals surface area contributed by atoms with Crippen LogP contribution in [0.3, 0.4) is 0 Å². The molecule has 1 aliphatic heterocycles. The van der Waals surface area contributed by atoms with Gasteiger partial charge in [0.25, 0.3) is 11.5 Å². The molecule has 0 atom stereocenters. The predicted molar refractivity (Wildman–Crippen MR) is 88.7 cm³/mol. The van der Waals surface area contributed by atoms with Crippen molar-refractivity contribution in [2.75, 3.05) is 7.11 Å². The maximum absolute atomic E-state index is 13.0. The third-order valence-corrected chi connectivity index (χ3v) is 4.13. The summed E-state index contributed by atoms with van der Waals surface area (Å²) >= 11 is 0. The van der Waals surface area contributed by atoms with E-state index in [2.05, 4.69) is 0 Å². The van der Waals surface area contributed by atoms with E-state index in [1.54, 1.807) is 30.3 Å². The number of benzene rings is 3. The van der Waals surface area contributed by atoms with E-state index in [1.807, 2.05) is 30.3 Å². The molecule has 0 aromatic heterocycles. The van der Waals surface area contributed by atoms with Crippen LogP contribution in [0.25, 0.3) is 10.8 Å². The molecule has 0 fully saturated rings. The minimum absolute atomic E-state index is 0.105. The number of para-hydroxylation sites is 1.